The van der Waals surface area contributed by atoms with Crippen molar-refractivity contribution in [1.29, 1.82) is 0 Å². The summed E-state index contributed by atoms with van der Waals surface area (Å²) in [6, 6.07) is 14.9. The number of ether oxygens (including phenoxy) is 1. The number of morpholine rings is 1. The molecule has 2 fully saturated rings. The Labute approximate surface area is 248 Å². The summed E-state index contributed by atoms with van der Waals surface area (Å²) in [7, 11) is 2.10. The number of hydrogen-bond donors (Lipinski definition) is 1. The molecule has 1 aromatic heterocycles. The molecule has 0 atom stereocenters. The predicted octanol–water partition coefficient (Wildman–Crippen LogP) is 4.33. The molecule has 1 N–H and O–H groups in total. The molecular formula is C31H32ClFN6O3. The molecule has 4 aromatic rings. The molecule has 0 aliphatic carbocycles. The van der Waals surface area contributed by atoms with Crippen molar-refractivity contribution >= 4 is 45.5 Å². The first-order valence-corrected chi connectivity index (χ1v) is 14.4. The number of carbonyl (C=O) groups excluding carboxylic acids is 1. The molecule has 1 amide bonds. The number of fused-ring (bicyclic) bond motifs is 1. The van der Waals surface area contributed by atoms with Crippen molar-refractivity contribution in [1.82, 2.24) is 14.5 Å². The van der Waals surface area contributed by atoms with Gasteiger partial charge in [-0.1, -0.05) is 11.6 Å². The van der Waals surface area contributed by atoms with Gasteiger partial charge in [0.1, 0.15) is 11.6 Å². The number of nitrogens with one attached hydrogen (secondary N) is 1. The zero-order valence-electron chi connectivity index (χ0n) is 23.6. The van der Waals surface area contributed by atoms with Gasteiger partial charge in [0.05, 0.1) is 34.8 Å². The first-order valence-electron chi connectivity index (χ1n) is 14.0. The molecule has 2 saturated heterocycles. The van der Waals surface area contributed by atoms with Crippen LogP contribution in [0.4, 0.5) is 21.5 Å². The number of halogens is 2. The van der Waals surface area contributed by atoms with Crippen LogP contribution in [0.5, 0.6) is 0 Å². The minimum absolute atomic E-state index is 0.268. The monoisotopic (exact) mass is 590 g/mol. The molecule has 11 heteroatoms. The molecule has 218 valence electrons. The van der Waals surface area contributed by atoms with Crippen molar-refractivity contribution in [3.8, 4) is 5.69 Å². The number of benzene rings is 3. The molecular weight excluding hydrogens is 559 g/mol. The minimum atomic E-state index is -0.455. The predicted molar refractivity (Wildman–Crippen MR) is 164 cm³/mol. The Morgan fingerprint density at radius 2 is 1.67 bits per heavy atom. The van der Waals surface area contributed by atoms with Gasteiger partial charge in [-0.05, 0) is 68.6 Å². The fraction of sp³-hybridized carbons (Fsp3) is 0.323. The van der Waals surface area contributed by atoms with Crippen molar-refractivity contribution in [2.45, 2.75) is 6.92 Å². The second kappa shape index (κ2) is 11.7. The van der Waals surface area contributed by atoms with E-state index in [1.54, 1.807) is 31.2 Å². The first kappa shape index (κ1) is 28.1. The van der Waals surface area contributed by atoms with Gasteiger partial charge in [-0.15, -0.1) is 0 Å². The number of anilines is 3. The van der Waals surface area contributed by atoms with Crippen LogP contribution in [0.2, 0.25) is 5.02 Å². The third-order valence-corrected chi connectivity index (χ3v) is 8.17. The molecule has 42 heavy (non-hydrogen) atoms. The fourth-order valence-electron chi connectivity index (χ4n) is 5.51. The van der Waals surface area contributed by atoms with Crippen LogP contribution < -0.4 is 20.7 Å². The van der Waals surface area contributed by atoms with Gasteiger partial charge in [0.15, 0.2) is 0 Å². The summed E-state index contributed by atoms with van der Waals surface area (Å²) in [4.78, 5) is 38.4. The van der Waals surface area contributed by atoms with Crippen LogP contribution in [0.25, 0.3) is 16.6 Å². The number of carbonyl (C=O) groups is 1. The zero-order chi connectivity index (χ0) is 29.4. The van der Waals surface area contributed by atoms with Gasteiger partial charge in [-0.2, -0.15) is 0 Å². The van der Waals surface area contributed by atoms with Crippen molar-refractivity contribution in [2.24, 2.45) is 0 Å². The van der Waals surface area contributed by atoms with Gasteiger partial charge >= 0.3 is 0 Å². The number of rotatable bonds is 5. The van der Waals surface area contributed by atoms with E-state index in [4.69, 9.17) is 16.3 Å². The lowest BCUT2D eigenvalue weighted by molar-refractivity contribution is 0.102. The zero-order valence-corrected chi connectivity index (χ0v) is 24.3. The maximum atomic E-state index is 14.5. The molecule has 0 unspecified atom stereocenters. The number of amides is 1. The molecule has 0 radical (unpaired) electrons. The lowest BCUT2D eigenvalue weighted by Gasteiger charge is -2.34. The molecule has 2 aliphatic rings. The number of aromatic nitrogens is 2. The van der Waals surface area contributed by atoms with Gasteiger partial charge in [-0.25, -0.2) is 9.37 Å². The first-order chi connectivity index (χ1) is 20.3. The quantitative estimate of drug-likeness (QED) is 0.371. The van der Waals surface area contributed by atoms with E-state index in [2.05, 4.69) is 27.1 Å². The maximum Gasteiger partial charge on any atom is 0.266 e. The van der Waals surface area contributed by atoms with Gasteiger partial charge in [0, 0.05) is 61.9 Å². The largest absolute Gasteiger partial charge is 0.378 e. The summed E-state index contributed by atoms with van der Waals surface area (Å²) in [6.45, 7) is 7.78. The highest BCUT2D eigenvalue weighted by Crippen LogP contribution is 2.27. The molecule has 6 rings (SSSR count). The third kappa shape index (κ3) is 5.70. The van der Waals surface area contributed by atoms with Crippen LogP contribution in [0.1, 0.15) is 16.2 Å². The van der Waals surface area contributed by atoms with E-state index < -0.39 is 11.7 Å². The lowest BCUT2D eigenvalue weighted by atomic mass is 10.1. The summed E-state index contributed by atoms with van der Waals surface area (Å²) >= 11 is 6.59. The van der Waals surface area contributed by atoms with Crippen LogP contribution >= 0.6 is 11.6 Å². The topological polar surface area (TPSA) is 82.9 Å². The summed E-state index contributed by atoms with van der Waals surface area (Å²) in [5.74, 6) is -0.464. The van der Waals surface area contributed by atoms with E-state index in [1.165, 1.54) is 16.7 Å². The van der Waals surface area contributed by atoms with Crippen molar-refractivity contribution in [3.05, 3.63) is 87.2 Å². The van der Waals surface area contributed by atoms with E-state index in [9.17, 15) is 14.0 Å². The third-order valence-electron chi connectivity index (χ3n) is 7.85. The van der Waals surface area contributed by atoms with Crippen LogP contribution in [0.15, 0.2) is 59.4 Å². The molecule has 9 nitrogen and oxygen atoms in total. The van der Waals surface area contributed by atoms with Crippen LogP contribution in [-0.2, 0) is 4.74 Å². The number of likely N-dealkylation sites (N-methyl/N-ethyl adjacent to an activating group) is 1. The molecule has 0 spiro atoms. The van der Waals surface area contributed by atoms with Crippen molar-refractivity contribution < 1.29 is 13.9 Å². The van der Waals surface area contributed by atoms with Crippen LogP contribution in [0.3, 0.4) is 0 Å². The normalized spacial score (nSPS) is 16.2. The van der Waals surface area contributed by atoms with Gasteiger partial charge < -0.3 is 24.8 Å². The molecule has 0 saturated carbocycles. The fourth-order valence-corrected chi connectivity index (χ4v) is 5.71. The van der Waals surface area contributed by atoms with Gasteiger partial charge in [0.2, 0.25) is 0 Å². The van der Waals surface area contributed by atoms with E-state index in [-0.39, 0.29) is 11.1 Å². The number of hydrogen-bond acceptors (Lipinski definition) is 7. The van der Waals surface area contributed by atoms with E-state index in [1.807, 2.05) is 23.1 Å². The summed E-state index contributed by atoms with van der Waals surface area (Å²) in [5, 5.41) is 3.56. The summed E-state index contributed by atoms with van der Waals surface area (Å²) < 4.78 is 21.3. The smallest absolute Gasteiger partial charge is 0.266 e. The summed E-state index contributed by atoms with van der Waals surface area (Å²) in [6.07, 6.45) is 0. The number of piperazine rings is 1. The second-order valence-electron chi connectivity index (χ2n) is 10.7. The highest BCUT2D eigenvalue weighted by atomic mass is 35.5. The standard InChI is InChI=1S/C31H32ClFN6O3/c1-20-34-28-6-4-24(37-9-7-36(2)8-10-37)19-26(28)31(41)39(20)29-15-21(3-5-27(29)32)30(40)35-23-16-22(33)17-25(18-23)38-11-13-42-14-12-38/h3-6,15-19H,7-14H2,1-2H3,(H,35,40). The van der Waals surface area contributed by atoms with Crippen LogP contribution in [-0.4, -0.2) is 79.9 Å². The van der Waals surface area contributed by atoms with Gasteiger partial charge in [-0.3, -0.25) is 14.2 Å². The number of aryl methyl sites for hydroxylation is 1. The minimum Gasteiger partial charge on any atom is -0.378 e. The Morgan fingerprint density at radius 1 is 0.929 bits per heavy atom. The summed E-state index contributed by atoms with van der Waals surface area (Å²) in [5.41, 5.74) is 2.91. The van der Waals surface area contributed by atoms with Gasteiger partial charge in [0.25, 0.3) is 11.5 Å². The highest BCUT2D eigenvalue weighted by molar-refractivity contribution is 6.32. The SMILES string of the molecule is Cc1nc2ccc(N3CCN(C)CC3)cc2c(=O)n1-c1cc(C(=O)Nc2cc(F)cc(N3CCOCC3)c2)ccc1Cl. The average Bonchev–Trinajstić information content (AvgIpc) is 2.98. The molecule has 0 bridgehead atoms. The van der Waals surface area contributed by atoms with Crippen molar-refractivity contribution in [2.75, 3.05) is 74.6 Å². The number of nitrogens with zero attached hydrogens (tertiary/aromatic N) is 5. The Balaban J connectivity index is 1.32. The van der Waals surface area contributed by atoms with Crippen LogP contribution in [0, 0.1) is 12.7 Å². The Kier molecular flexibility index (Phi) is 7.85. The molecule has 3 aromatic carbocycles. The van der Waals surface area contributed by atoms with Crippen molar-refractivity contribution in [3.63, 3.8) is 0 Å². The van der Waals surface area contributed by atoms with E-state index in [0.717, 1.165) is 31.9 Å². The van der Waals surface area contributed by atoms with E-state index in [0.29, 0.717) is 65.1 Å². The Morgan fingerprint density at radius 3 is 2.43 bits per heavy atom. The van der Waals surface area contributed by atoms with E-state index >= 15 is 0 Å². The molecule has 2 aliphatic heterocycles. The Bertz CT molecular complexity index is 1710. The maximum absolute atomic E-state index is 14.5. The average molecular weight is 591 g/mol. The second-order valence-corrected chi connectivity index (χ2v) is 11.1. The lowest BCUT2D eigenvalue weighted by Crippen LogP contribution is -2.44. The highest BCUT2D eigenvalue weighted by Gasteiger charge is 2.19. The Hall–Kier alpha value is -3.99. The molecule has 3 heterocycles.